The zero-order valence-electron chi connectivity index (χ0n) is 10.9. The number of pyridine rings is 1. The first-order valence-corrected chi connectivity index (χ1v) is 6.24. The Morgan fingerprint density at radius 1 is 1.10 bits per heavy atom. The van der Waals surface area contributed by atoms with Gasteiger partial charge in [-0.25, -0.2) is 0 Å². The van der Waals surface area contributed by atoms with Crippen molar-refractivity contribution in [1.82, 2.24) is 9.55 Å². The van der Waals surface area contributed by atoms with Crippen LogP contribution in [0.5, 0.6) is 0 Å². The van der Waals surface area contributed by atoms with Crippen molar-refractivity contribution in [2.45, 2.75) is 6.92 Å². The van der Waals surface area contributed by atoms with Crippen LogP contribution in [0, 0.1) is 6.92 Å². The summed E-state index contributed by atoms with van der Waals surface area (Å²) < 4.78 is 1.81. The van der Waals surface area contributed by atoms with Crippen LogP contribution in [0.4, 0.5) is 0 Å². The van der Waals surface area contributed by atoms with Gasteiger partial charge in [0.25, 0.3) is 0 Å². The number of aromatic nitrogens is 2. The highest BCUT2D eigenvalue weighted by molar-refractivity contribution is 6.36. The van der Waals surface area contributed by atoms with Crippen LogP contribution < -0.4 is 0 Å². The topological polar surface area (TPSA) is 52.0 Å². The molecule has 0 saturated carbocycles. The first kappa shape index (κ1) is 12.3. The number of carbonyl (C=O) groups excluding carboxylic acids is 2. The molecule has 0 spiro atoms. The SMILES string of the molecule is Cc1c2ccccc2c(C(=O)C=O)n1-c1ccncc1. The second-order valence-electron chi connectivity index (χ2n) is 4.50. The molecule has 0 bridgehead atoms. The minimum absolute atomic E-state index is 0.360. The molecule has 0 aliphatic carbocycles. The summed E-state index contributed by atoms with van der Waals surface area (Å²) in [6, 6.07) is 11.2. The Balaban J connectivity index is 2.44. The van der Waals surface area contributed by atoms with Gasteiger partial charge in [0.2, 0.25) is 5.78 Å². The summed E-state index contributed by atoms with van der Waals surface area (Å²) >= 11 is 0. The smallest absolute Gasteiger partial charge is 0.242 e. The molecule has 4 nitrogen and oxygen atoms in total. The Bertz CT molecular complexity index is 804. The molecule has 0 unspecified atom stereocenters. The quantitative estimate of drug-likeness (QED) is 0.415. The van der Waals surface area contributed by atoms with Crippen LogP contribution in [0.1, 0.15) is 16.2 Å². The van der Waals surface area contributed by atoms with Crippen LogP contribution in [0.2, 0.25) is 0 Å². The van der Waals surface area contributed by atoms with Gasteiger partial charge in [-0.05, 0) is 19.1 Å². The minimum Gasteiger partial charge on any atom is -0.310 e. The summed E-state index contributed by atoms with van der Waals surface area (Å²) in [5.74, 6) is -0.522. The Morgan fingerprint density at radius 2 is 1.75 bits per heavy atom. The number of benzene rings is 1. The van der Waals surface area contributed by atoms with Gasteiger partial charge in [-0.1, -0.05) is 24.3 Å². The van der Waals surface area contributed by atoms with Gasteiger partial charge in [-0.15, -0.1) is 0 Å². The number of hydrogen-bond acceptors (Lipinski definition) is 3. The van der Waals surface area contributed by atoms with E-state index in [0.29, 0.717) is 12.0 Å². The van der Waals surface area contributed by atoms with E-state index in [2.05, 4.69) is 4.98 Å². The monoisotopic (exact) mass is 264 g/mol. The number of carbonyl (C=O) groups is 2. The highest BCUT2D eigenvalue weighted by atomic mass is 16.2. The molecular formula is C16H12N2O2. The summed E-state index contributed by atoms with van der Waals surface area (Å²) in [5.41, 5.74) is 2.15. The molecule has 4 heteroatoms. The second kappa shape index (κ2) is 4.74. The van der Waals surface area contributed by atoms with E-state index in [0.717, 1.165) is 22.2 Å². The number of hydrogen-bond donors (Lipinski definition) is 0. The Hall–Kier alpha value is -2.75. The van der Waals surface area contributed by atoms with E-state index in [9.17, 15) is 9.59 Å². The van der Waals surface area contributed by atoms with Crippen LogP contribution in [-0.4, -0.2) is 21.6 Å². The zero-order chi connectivity index (χ0) is 14.1. The molecule has 0 N–H and O–H groups in total. The van der Waals surface area contributed by atoms with Crippen molar-refractivity contribution < 1.29 is 9.59 Å². The fourth-order valence-corrected chi connectivity index (χ4v) is 2.53. The maximum absolute atomic E-state index is 12.0. The van der Waals surface area contributed by atoms with Gasteiger partial charge in [0.05, 0.1) is 0 Å². The molecule has 0 aliphatic heterocycles. The van der Waals surface area contributed by atoms with Gasteiger partial charge >= 0.3 is 0 Å². The van der Waals surface area contributed by atoms with Crippen molar-refractivity contribution >= 4 is 22.8 Å². The van der Waals surface area contributed by atoms with Crippen LogP contribution in [-0.2, 0) is 4.79 Å². The summed E-state index contributed by atoms with van der Waals surface area (Å²) in [6.07, 6.45) is 3.68. The van der Waals surface area contributed by atoms with E-state index in [4.69, 9.17) is 0 Å². The van der Waals surface area contributed by atoms with E-state index in [1.807, 2.05) is 47.9 Å². The zero-order valence-corrected chi connectivity index (χ0v) is 10.9. The van der Waals surface area contributed by atoms with Gasteiger partial charge in [-0.2, -0.15) is 0 Å². The molecule has 1 aromatic carbocycles. The van der Waals surface area contributed by atoms with Gasteiger partial charge < -0.3 is 4.57 Å². The summed E-state index contributed by atoms with van der Waals surface area (Å²) in [5, 5.41) is 1.76. The summed E-state index contributed by atoms with van der Waals surface area (Å²) in [4.78, 5) is 27.0. The lowest BCUT2D eigenvalue weighted by Crippen LogP contribution is -2.09. The van der Waals surface area contributed by atoms with Crippen LogP contribution in [0.3, 0.4) is 0 Å². The van der Waals surface area contributed by atoms with Crippen LogP contribution >= 0.6 is 0 Å². The van der Waals surface area contributed by atoms with E-state index in [1.54, 1.807) is 12.4 Å². The number of aryl methyl sites for hydroxylation is 1. The average Bonchev–Trinajstić information content (AvgIpc) is 2.81. The molecule has 0 fully saturated rings. The first-order valence-electron chi connectivity index (χ1n) is 6.24. The molecule has 20 heavy (non-hydrogen) atoms. The van der Waals surface area contributed by atoms with Crippen molar-refractivity contribution in [3.63, 3.8) is 0 Å². The third-order valence-corrected chi connectivity index (χ3v) is 3.39. The molecule has 3 aromatic rings. The van der Waals surface area contributed by atoms with Gasteiger partial charge in [-0.3, -0.25) is 14.6 Å². The number of fused-ring (bicyclic) bond motifs is 1. The standard InChI is InChI=1S/C16H12N2O2/c1-11-13-4-2-3-5-14(13)16(15(20)10-19)18(11)12-6-8-17-9-7-12/h2-10H,1H3. The lowest BCUT2D eigenvalue weighted by molar-refractivity contribution is -0.104. The van der Waals surface area contributed by atoms with E-state index in [1.165, 1.54) is 0 Å². The van der Waals surface area contributed by atoms with Crippen molar-refractivity contribution in [2.24, 2.45) is 0 Å². The van der Waals surface area contributed by atoms with E-state index >= 15 is 0 Å². The molecule has 2 heterocycles. The largest absolute Gasteiger partial charge is 0.310 e. The van der Waals surface area contributed by atoms with Crippen LogP contribution in [0.25, 0.3) is 16.5 Å². The van der Waals surface area contributed by atoms with Gasteiger partial charge in [0, 0.05) is 34.5 Å². The van der Waals surface area contributed by atoms with Crippen molar-refractivity contribution in [1.29, 1.82) is 0 Å². The molecule has 0 saturated heterocycles. The number of nitrogens with zero attached hydrogens (tertiary/aromatic N) is 2. The molecule has 3 rings (SSSR count). The van der Waals surface area contributed by atoms with E-state index in [-0.39, 0.29) is 0 Å². The number of rotatable bonds is 3. The van der Waals surface area contributed by atoms with Crippen molar-refractivity contribution in [2.75, 3.05) is 0 Å². The third-order valence-electron chi connectivity index (χ3n) is 3.39. The molecule has 98 valence electrons. The highest BCUT2D eigenvalue weighted by Gasteiger charge is 2.20. The Kier molecular flexibility index (Phi) is 2.91. The predicted octanol–water partition coefficient (Wildman–Crippen LogP) is 2.72. The summed E-state index contributed by atoms with van der Waals surface area (Å²) in [6.45, 7) is 1.93. The lowest BCUT2D eigenvalue weighted by Gasteiger charge is -2.09. The molecule has 2 aromatic heterocycles. The third kappa shape index (κ3) is 1.73. The fourth-order valence-electron chi connectivity index (χ4n) is 2.53. The summed E-state index contributed by atoms with van der Waals surface area (Å²) in [7, 11) is 0. The molecule has 0 aliphatic rings. The van der Waals surface area contributed by atoms with Crippen molar-refractivity contribution in [3.05, 3.63) is 60.2 Å². The normalized spacial score (nSPS) is 10.7. The van der Waals surface area contributed by atoms with Gasteiger partial charge in [0.15, 0.2) is 6.29 Å². The maximum atomic E-state index is 12.0. The molecule has 0 radical (unpaired) electrons. The highest BCUT2D eigenvalue weighted by Crippen LogP contribution is 2.28. The first-order chi connectivity index (χ1) is 9.74. The second-order valence-corrected chi connectivity index (χ2v) is 4.50. The predicted molar refractivity (Wildman–Crippen MR) is 76.2 cm³/mol. The Labute approximate surface area is 115 Å². The van der Waals surface area contributed by atoms with E-state index < -0.39 is 5.78 Å². The average molecular weight is 264 g/mol. The fraction of sp³-hybridized carbons (Fsp3) is 0.0625. The van der Waals surface area contributed by atoms with Gasteiger partial charge in [0.1, 0.15) is 5.69 Å². The van der Waals surface area contributed by atoms with Crippen LogP contribution in [0.15, 0.2) is 48.8 Å². The van der Waals surface area contributed by atoms with Crippen molar-refractivity contribution in [3.8, 4) is 5.69 Å². The number of Topliss-reactive ketones (excluding diaryl/α,β-unsaturated/α-hetero) is 1. The Morgan fingerprint density at radius 3 is 2.40 bits per heavy atom. The number of aldehydes is 1. The lowest BCUT2D eigenvalue weighted by atomic mass is 10.1. The molecule has 0 atom stereocenters. The minimum atomic E-state index is -0.522. The maximum Gasteiger partial charge on any atom is 0.242 e. The molecular weight excluding hydrogens is 252 g/mol. The number of ketones is 1. The molecule has 0 amide bonds.